The molecule has 6 nitrogen and oxygen atoms in total. The maximum atomic E-state index is 12.8. The number of primary amides is 1. The smallest absolute Gasteiger partial charge is 0.246 e. The van der Waals surface area contributed by atoms with Crippen molar-refractivity contribution in [3.05, 3.63) is 35.9 Å². The Morgan fingerprint density at radius 3 is 2.64 bits per heavy atom. The largest absolute Gasteiger partial charge is 0.368 e. The third-order valence-corrected chi connectivity index (χ3v) is 4.86. The Labute approximate surface area is 148 Å². The van der Waals surface area contributed by atoms with Crippen molar-refractivity contribution in [2.24, 2.45) is 11.7 Å². The molecule has 136 valence electrons. The second-order valence-electron chi connectivity index (χ2n) is 6.76. The third kappa shape index (κ3) is 5.05. The van der Waals surface area contributed by atoms with Gasteiger partial charge in [0.25, 0.3) is 0 Å². The molecular weight excluding hydrogens is 318 g/mol. The number of likely N-dealkylation sites (tertiary alicyclic amines) is 1. The summed E-state index contributed by atoms with van der Waals surface area (Å²) in [6.45, 7) is 4.08. The predicted octanol–water partition coefficient (Wildman–Crippen LogP) is 1.24. The van der Waals surface area contributed by atoms with E-state index in [4.69, 9.17) is 5.73 Å². The summed E-state index contributed by atoms with van der Waals surface area (Å²) in [7, 11) is 0. The van der Waals surface area contributed by atoms with Gasteiger partial charge in [-0.15, -0.1) is 0 Å². The highest BCUT2D eigenvalue weighted by molar-refractivity contribution is 5.91. The number of benzene rings is 1. The van der Waals surface area contributed by atoms with E-state index >= 15 is 0 Å². The molecule has 2 rings (SSSR count). The maximum Gasteiger partial charge on any atom is 0.246 e. The summed E-state index contributed by atoms with van der Waals surface area (Å²) in [6, 6.07) is 8.49. The van der Waals surface area contributed by atoms with Gasteiger partial charge in [-0.1, -0.05) is 37.3 Å². The van der Waals surface area contributed by atoms with Gasteiger partial charge < -0.3 is 16.0 Å². The molecule has 3 amide bonds. The lowest BCUT2D eigenvalue weighted by molar-refractivity contribution is -0.142. The number of amides is 3. The lowest BCUT2D eigenvalue weighted by Gasteiger charge is -2.30. The molecule has 3 atom stereocenters. The summed E-state index contributed by atoms with van der Waals surface area (Å²) < 4.78 is 0. The molecule has 1 aliphatic heterocycles. The van der Waals surface area contributed by atoms with Gasteiger partial charge in [0.05, 0.1) is 0 Å². The van der Waals surface area contributed by atoms with Crippen LogP contribution in [0.3, 0.4) is 0 Å². The van der Waals surface area contributed by atoms with E-state index in [1.807, 2.05) is 37.3 Å². The Morgan fingerprint density at radius 1 is 1.32 bits per heavy atom. The van der Waals surface area contributed by atoms with Gasteiger partial charge in [0.15, 0.2) is 0 Å². The first kappa shape index (κ1) is 19.0. The SMILES string of the molecule is C[C@@H]1CCCN([C@@H](C)C(N)=O)C(=O)[C@H]1NC(=O)CCc1ccccc1. The van der Waals surface area contributed by atoms with Crippen molar-refractivity contribution in [1.29, 1.82) is 0 Å². The fourth-order valence-corrected chi connectivity index (χ4v) is 3.17. The fraction of sp³-hybridized carbons (Fsp3) is 0.526. The Balaban J connectivity index is 2.00. The van der Waals surface area contributed by atoms with Crippen LogP contribution in [0.2, 0.25) is 0 Å². The summed E-state index contributed by atoms with van der Waals surface area (Å²) >= 11 is 0. The van der Waals surface area contributed by atoms with Crippen LogP contribution >= 0.6 is 0 Å². The minimum atomic E-state index is -0.665. The normalized spacial score (nSPS) is 22.2. The molecule has 0 aliphatic carbocycles. The van der Waals surface area contributed by atoms with Gasteiger partial charge in [-0.2, -0.15) is 0 Å². The molecule has 0 radical (unpaired) electrons. The van der Waals surface area contributed by atoms with Crippen LogP contribution in [0.5, 0.6) is 0 Å². The third-order valence-electron chi connectivity index (χ3n) is 4.86. The summed E-state index contributed by atoms with van der Waals surface area (Å²) in [5.41, 5.74) is 6.44. The van der Waals surface area contributed by atoms with Crippen molar-refractivity contribution in [2.75, 3.05) is 6.54 Å². The van der Waals surface area contributed by atoms with Crippen molar-refractivity contribution in [3.8, 4) is 0 Å². The minimum absolute atomic E-state index is 0.0262. The van der Waals surface area contributed by atoms with Crippen molar-refractivity contribution < 1.29 is 14.4 Å². The molecule has 1 aromatic carbocycles. The predicted molar refractivity (Wildman–Crippen MR) is 95.5 cm³/mol. The first-order chi connectivity index (χ1) is 11.9. The fourth-order valence-electron chi connectivity index (χ4n) is 3.17. The second kappa shape index (κ2) is 8.65. The average molecular weight is 345 g/mol. The number of nitrogens with two attached hydrogens (primary N) is 1. The standard InChI is InChI=1S/C19H27N3O3/c1-13-7-6-12-22(14(2)18(20)24)19(25)17(13)21-16(23)11-10-15-8-4-3-5-9-15/h3-5,8-9,13-14,17H,6-7,10-12H2,1-2H3,(H2,20,24)(H,21,23)/t13-,14+,17+/m1/s1. The number of carbonyl (C=O) groups is 3. The molecule has 1 aliphatic rings. The van der Waals surface area contributed by atoms with Crippen LogP contribution in [0.4, 0.5) is 0 Å². The maximum absolute atomic E-state index is 12.8. The van der Waals surface area contributed by atoms with Crippen LogP contribution in [0, 0.1) is 5.92 Å². The highest BCUT2D eigenvalue weighted by Crippen LogP contribution is 2.20. The topological polar surface area (TPSA) is 92.5 Å². The number of aryl methyl sites for hydroxylation is 1. The van der Waals surface area contributed by atoms with Gasteiger partial charge in [-0.05, 0) is 37.7 Å². The van der Waals surface area contributed by atoms with Gasteiger partial charge >= 0.3 is 0 Å². The van der Waals surface area contributed by atoms with E-state index in [0.29, 0.717) is 19.4 Å². The number of rotatable bonds is 6. The molecule has 0 saturated carbocycles. The van der Waals surface area contributed by atoms with Crippen LogP contribution in [0.25, 0.3) is 0 Å². The minimum Gasteiger partial charge on any atom is -0.368 e. The van der Waals surface area contributed by atoms with Crippen molar-refractivity contribution in [2.45, 2.75) is 51.6 Å². The summed E-state index contributed by atoms with van der Waals surface area (Å²) in [5.74, 6) is -0.873. The first-order valence-corrected chi connectivity index (χ1v) is 8.83. The lowest BCUT2D eigenvalue weighted by atomic mass is 9.97. The summed E-state index contributed by atoms with van der Waals surface area (Å²) in [5, 5.41) is 2.87. The second-order valence-corrected chi connectivity index (χ2v) is 6.76. The van der Waals surface area contributed by atoms with E-state index < -0.39 is 18.0 Å². The molecule has 0 unspecified atom stereocenters. The zero-order chi connectivity index (χ0) is 18.4. The summed E-state index contributed by atoms with van der Waals surface area (Å²) in [6.07, 6.45) is 2.56. The molecule has 0 spiro atoms. The monoisotopic (exact) mass is 345 g/mol. The Bertz CT molecular complexity index is 618. The highest BCUT2D eigenvalue weighted by atomic mass is 16.2. The number of nitrogens with one attached hydrogen (secondary N) is 1. The Morgan fingerprint density at radius 2 is 2.00 bits per heavy atom. The Kier molecular flexibility index (Phi) is 6.56. The molecular formula is C19H27N3O3. The number of nitrogens with zero attached hydrogens (tertiary/aromatic N) is 1. The highest BCUT2D eigenvalue weighted by Gasteiger charge is 2.36. The van der Waals surface area contributed by atoms with Gasteiger partial charge in [-0.3, -0.25) is 14.4 Å². The zero-order valence-corrected chi connectivity index (χ0v) is 14.9. The molecule has 25 heavy (non-hydrogen) atoms. The van der Waals surface area contributed by atoms with Crippen molar-refractivity contribution in [1.82, 2.24) is 10.2 Å². The molecule has 0 bridgehead atoms. The molecule has 1 aromatic rings. The van der Waals surface area contributed by atoms with Gasteiger partial charge in [0.1, 0.15) is 12.1 Å². The summed E-state index contributed by atoms with van der Waals surface area (Å²) in [4.78, 5) is 38.1. The van der Waals surface area contributed by atoms with Crippen molar-refractivity contribution >= 4 is 17.7 Å². The van der Waals surface area contributed by atoms with Gasteiger partial charge in [0.2, 0.25) is 17.7 Å². The van der Waals surface area contributed by atoms with Crippen LogP contribution in [0.1, 0.15) is 38.7 Å². The van der Waals surface area contributed by atoms with E-state index in [2.05, 4.69) is 5.32 Å². The first-order valence-electron chi connectivity index (χ1n) is 8.83. The molecule has 0 aromatic heterocycles. The molecule has 6 heteroatoms. The number of hydrogen-bond donors (Lipinski definition) is 2. The zero-order valence-electron chi connectivity index (χ0n) is 14.9. The number of carbonyl (C=O) groups excluding carboxylic acids is 3. The van der Waals surface area contributed by atoms with Crippen LogP contribution in [-0.2, 0) is 20.8 Å². The van der Waals surface area contributed by atoms with E-state index in [1.54, 1.807) is 6.92 Å². The Hall–Kier alpha value is -2.37. The van der Waals surface area contributed by atoms with E-state index in [1.165, 1.54) is 4.90 Å². The average Bonchev–Trinajstić information content (AvgIpc) is 2.73. The quantitative estimate of drug-likeness (QED) is 0.812. The van der Waals surface area contributed by atoms with E-state index in [-0.39, 0.29) is 17.7 Å². The van der Waals surface area contributed by atoms with Crippen LogP contribution in [-0.4, -0.2) is 41.2 Å². The van der Waals surface area contributed by atoms with E-state index in [0.717, 1.165) is 18.4 Å². The molecule has 1 heterocycles. The van der Waals surface area contributed by atoms with Gasteiger partial charge in [0, 0.05) is 13.0 Å². The van der Waals surface area contributed by atoms with Crippen LogP contribution in [0.15, 0.2) is 30.3 Å². The van der Waals surface area contributed by atoms with Gasteiger partial charge in [-0.25, -0.2) is 0 Å². The molecule has 3 N–H and O–H groups in total. The van der Waals surface area contributed by atoms with Crippen molar-refractivity contribution in [3.63, 3.8) is 0 Å². The lowest BCUT2D eigenvalue weighted by Crippen LogP contribution is -2.55. The molecule has 1 saturated heterocycles. The number of hydrogen-bond acceptors (Lipinski definition) is 3. The van der Waals surface area contributed by atoms with E-state index in [9.17, 15) is 14.4 Å². The molecule has 1 fully saturated rings. The van der Waals surface area contributed by atoms with Crippen LogP contribution < -0.4 is 11.1 Å².